The van der Waals surface area contributed by atoms with Crippen molar-refractivity contribution in [2.24, 2.45) is 0 Å². The maximum absolute atomic E-state index is 13.3. The van der Waals surface area contributed by atoms with Crippen molar-refractivity contribution in [3.8, 4) is 0 Å². The molecule has 1 aromatic heterocycles. The Hall–Kier alpha value is -3.68. The predicted octanol–water partition coefficient (Wildman–Crippen LogP) is 2.39. The molecule has 0 saturated carbocycles. The molecule has 3 N–H and O–H groups in total. The third-order valence-electron chi connectivity index (χ3n) is 4.06. The van der Waals surface area contributed by atoms with Crippen molar-refractivity contribution in [1.82, 2.24) is 10.3 Å². The van der Waals surface area contributed by atoms with Crippen LogP contribution in [0, 0.1) is 5.82 Å². The molecule has 0 aliphatic heterocycles. The molecule has 144 valence electrons. The first-order valence-corrected chi connectivity index (χ1v) is 8.46. The summed E-state index contributed by atoms with van der Waals surface area (Å²) in [6.07, 6.45) is 0.0960. The molecule has 2 aromatic carbocycles. The number of halogens is 1. The number of aromatic nitrogens is 1. The number of methoxy groups -OCH3 is 1. The molecule has 7 nitrogen and oxygen atoms in total. The molecule has 28 heavy (non-hydrogen) atoms. The van der Waals surface area contributed by atoms with Crippen LogP contribution in [0.25, 0.3) is 10.9 Å². The summed E-state index contributed by atoms with van der Waals surface area (Å²) in [7, 11) is 1.25. The van der Waals surface area contributed by atoms with E-state index >= 15 is 0 Å². The molecular weight excluding hydrogens is 365 g/mol. The van der Waals surface area contributed by atoms with E-state index in [1.807, 2.05) is 0 Å². The SMILES string of the molecule is COC(=O)CNC(=O)Cc1ccc(NC(=O)c2cc3cc(F)ccc3[nH]2)cc1. The Kier molecular flexibility index (Phi) is 5.69. The van der Waals surface area contributed by atoms with Gasteiger partial charge in [-0.3, -0.25) is 14.4 Å². The molecule has 3 aromatic rings. The number of rotatable bonds is 6. The third-order valence-corrected chi connectivity index (χ3v) is 4.06. The van der Waals surface area contributed by atoms with Crippen LogP contribution in [0.2, 0.25) is 0 Å². The molecule has 0 aliphatic rings. The van der Waals surface area contributed by atoms with Gasteiger partial charge in [0.2, 0.25) is 5.91 Å². The van der Waals surface area contributed by atoms with Crippen molar-refractivity contribution < 1.29 is 23.5 Å². The molecule has 0 spiro atoms. The smallest absolute Gasteiger partial charge is 0.325 e. The maximum atomic E-state index is 13.3. The zero-order chi connectivity index (χ0) is 20.1. The fourth-order valence-electron chi connectivity index (χ4n) is 2.62. The highest BCUT2D eigenvalue weighted by Crippen LogP contribution is 2.18. The van der Waals surface area contributed by atoms with Crippen molar-refractivity contribution in [2.45, 2.75) is 6.42 Å². The van der Waals surface area contributed by atoms with Crippen molar-refractivity contribution in [3.63, 3.8) is 0 Å². The van der Waals surface area contributed by atoms with Crippen LogP contribution in [0.5, 0.6) is 0 Å². The first-order valence-electron chi connectivity index (χ1n) is 8.46. The minimum atomic E-state index is -0.522. The summed E-state index contributed by atoms with van der Waals surface area (Å²) >= 11 is 0. The minimum absolute atomic E-state index is 0.0960. The number of hydrogen-bond donors (Lipinski definition) is 3. The molecule has 0 saturated heterocycles. The Morgan fingerprint density at radius 3 is 2.54 bits per heavy atom. The van der Waals surface area contributed by atoms with Gasteiger partial charge in [0.1, 0.15) is 18.1 Å². The number of nitrogens with one attached hydrogen (secondary N) is 3. The minimum Gasteiger partial charge on any atom is -0.468 e. The van der Waals surface area contributed by atoms with Crippen molar-refractivity contribution >= 4 is 34.4 Å². The number of esters is 1. The van der Waals surface area contributed by atoms with Crippen molar-refractivity contribution in [1.29, 1.82) is 0 Å². The Bertz CT molecular complexity index is 1030. The Balaban J connectivity index is 1.59. The lowest BCUT2D eigenvalue weighted by Crippen LogP contribution is -2.31. The van der Waals surface area contributed by atoms with Gasteiger partial charge in [-0.1, -0.05) is 12.1 Å². The molecule has 0 bridgehead atoms. The summed E-state index contributed by atoms with van der Waals surface area (Å²) in [5.41, 5.74) is 2.25. The van der Waals surface area contributed by atoms with E-state index in [0.717, 1.165) is 5.56 Å². The van der Waals surface area contributed by atoms with Gasteiger partial charge in [0.15, 0.2) is 0 Å². The molecule has 0 aliphatic carbocycles. The van der Waals surface area contributed by atoms with Crippen LogP contribution in [0.1, 0.15) is 16.1 Å². The normalized spacial score (nSPS) is 10.5. The number of fused-ring (bicyclic) bond motifs is 1. The summed E-state index contributed by atoms with van der Waals surface area (Å²) in [6.45, 7) is -0.183. The molecule has 2 amide bonds. The highest BCUT2D eigenvalue weighted by atomic mass is 19.1. The van der Waals surface area contributed by atoms with Gasteiger partial charge >= 0.3 is 5.97 Å². The molecule has 3 rings (SSSR count). The first-order chi connectivity index (χ1) is 13.4. The molecule has 8 heteroatoms. The van der Waals surface area contributed by atoms with Crippen LogP contribution in [-0.2, 0) is 20.7 Å². The van der Waals surface area contributed by atoms with Gasteiger partial charge in [-0.15, -0.1) is 0 Å². The average Bonchev–Trinajstić information content (AvgIpc) is 3.11. The van der Waals surface area contributed by atoms with Crippen LogP contribution in [0.15, 0.2) is 48.5 Å². The zero-order valence-electron chi connectivity index (χ0n) is 15.0. The lowest BCUT2D eigenvalue weighted by atomic mass is 10.1. The number of ether oxygens (including phenoxy) is 1. The highest BCUT2D eigenvalue weighted by Gasteiger charge is 2.11. The quantitative estimate of drug-likeness (QED) is 0.569. The van der Waals surface area contributed by atoms with E-state index in [0.29, 0.717) is 22.3 Å². The van der Waals surface area contributed by atoms with E-state index in [1.54, 1.807) is 36.4 Å². The maximum Gasteiger partial charge on any atom is 0.325 e. The average molecular weight is 383 g/mol. The van der Waals surface area contributed by atoms with Gasteiger partial charge in [0.25, 0.3) is 5.91 Å². The largest absolute Gasteiger partial charge is 0.468 e. The van der Waals surface area contributed by atoms with Gasteiger partial charge in [0.05, 0.1) is 13.5 Å². The zero-order valence-corrected chi connectivity index (χ0v) is 15.0. The number of amides is 2. The van der Waals surface area contributed by atoms with E-state index in [2.05, 4.69) is 20.4 Å². The highest BCUT2D eigenvalue weighted by molar-refractivity contribution is 6.05. The molecule has 0 radical (unpaired) electrons. The fourth-order valence-corrected chi connectivity index (χ4v) is 2.62. The molecular formula is C20H18FN3O4. The van der Waals surface area contributed by atoms with Gasteiger partial charge in [-0.2, -0.15) is 0 Å². The summed E-state index contributed by atoms with van der Waals surface area (Å²) < 4.78 is 17.7. The molecule has 0 fully saturated rings. The van der Waals surface area contributed by atoms with E-state index < -0.39 is 5.97 Å². The van der Waals surface area contributed by atoms with Crippen molar-refractivity contribution in [3.05, 3.63) is 65.6 Å². The summed E-state index contributed by atoms with van der Waals surface area (Å²) in [6, 6.07) is 12.6. The van der Waals surface area contributed by atoms with Gasteiger partial charge in [0, 0.05) is 16.6 Å². The predicted molar refractivity (Wildman–Crippen MR) is 101 cm³/mol. The van der Waals surface area contributed by atoms with Crippen LogP contribution < -0.4 is 10.6 Å². The second-order valence-corrected chi connectivity index (χ2v) is 6.10. The Morgan fingerprint density at radius 1 is 1.07 bits per heavy atom. The van der Waals surface area contributed by atoms with Gasteiger partial charge in [-0.05, 0) is 42.0 Å². The van der Waals surface area contributed by atoms with Crippen LogP contribution >= 0.6 is 0 Å². The number of carbonyl (C=O) groups excluding carboxylic acids is 3. The number of hydrogen-bond acceptors (Lipinski definition) is 4. The standard InChI is InChI=1S/C20H18FN3O4/c1-28-19(26)11-22-18(25)8-12-2-5-15(6-3-12)23-20(27)17-10-13-9-14(21)4-7-16(13)24-17/h2-7,9-10,24H,8,11H2,1H3,(H,22,25)(H,23,27). The topological polar surface area (TPSA) is 100 Å². The summed E-state index contributed by atoms with van der Waals surface area (Å²) in [4.78, 5) is 38.1. The van der Waals surface area contributed by atoms with E-state index in [9.17, 15) is 18.8 Å². The number of aromatic amines is 1. The summed E-state index contributed by atoms with van der Waals surface area (Å²) in [5.74, 6) is -1.57. The number of benzene rings is 2. The second-order valence-electron chi connectivity index (χ2n) is 6.10. The van der Waals surface area contributed by atoms with E-state index in [-0.39, 0.29) is 30.6 Å². The fraction of sp³-hybridized carbons (Fsp3) is 0.150. The Morgan fingerprint density at radius 2 is 1.82 bits per heavy atom. The van der Waals surface area contributed by atoms with E-state index in [1.165, 1.54) is 19.2 Å². The lowest BCUT2D eigenvalue weighted by molar-refractivity contribution is -0.141. The first kappa shape index (κ1) is 19.1. The van der Waals surface area contributed by atoms with Crippen LogP contribution in [-0.4, -0.2) is 36.4 Å². The lowest BCUT2D eigenvalue weighted by Gasteiger charge is -2.06. The van der Waals surface area contributed by atoms with Gasteiger partial charge in [-0.25, -0.2) is 4.39 Å². The molecule has 0 unspecified atom stereocenters. The van der Waals surface area contributed by atoms with Crippen LogP contribution in [0.3, 0.4) is 0 Å². The monoisotopic (exact) mass is 383 g/mol. The number of carbonyl (C=O) groups is 3. The Labute approximate surface area is 159 Å². The third kappa shape index (κ3) is 4.73. The number of H-pyrrole nitrogens is 1. The van der Waals surface area contributed by atoms with E-state index in [4.69, 9.17) is 0 Å². The van der Waals surface area contributed by atoms with Crippen LogP contribution in [0.4, 0.5) is 10.1 Å². The summed E-state index contributed by atoms with van der Waals surface area (Å²) in [5, 5.41) is 5.80. The van der Waals surface area contributed by atoms with Gasteiger partial charge < -0.3 is 20.4 Å². The molecule has 1 heterocycles. The second kappa shape index (κ2) is 8.34. The molecule has 0 atom stereocenters. The number of anilines is 1. The van der Waals surface area contributed by atoms with Crippen molar-refractivity contribution in [2.75, 3.05) is 19.0 Å².